The van der Waals surface area contributed by atoms with Gasteiger partial charge >= 0.3 is 6.18 Å². The number of anilines is 1. The minimum Gasteiger partial charge on any atom is -0.345 e. The molecule has 3 rings (SSSR count). The van der Waals surface area contributed by atoms with Crippen LogP contribution in [-0.4, -0.2) is 86.3 Å². The Kier molecular flexibility index (Phi) is 5.26. The van der Waals surface area contributed by atoms with Crippen molar-refractivity contribution in [3.05, 3.63) is 11.1 Å². The SMILES string of the molecule is CN1CCN(S(=O)(=O)N2CCN(c3ncc(C(F)(F)F)s3)CC2)CC1. The van der Waals surface area contributed by atoms with E-state index >= 15 is 0 Å². The number of piperazine rings is 2. The van der Waals surface area contributed by atoms with Crippen molar-refractivity contribution in [3.63, 3.8) is 0 Å². The minimum absolute atomic E-state index is 0.246. The third-order valence-electron chi connectivity index (χ3n) is 4.40. The van der Waals surface area contributed by atoms with E-state index in [1.165, 1.54) is 8.61 Å². The monoisotopic (exact) mass is 399 g/mol. The highest BCUT2D eigenvalue weighted by atomic mass is 32.2. The molecule has 2 fully saturated rings. The molecule has 0 aromatic carbocycles. The van der Waals surface area contributed by atoms with Gasteiger partial charge in [0.05, 0.1) is 6.20 Å². The maximum atomic E-state index is 12.7. The molecule has 25 heavy (non-hydrogen) atoms. The Morgan fingerprint density at radius 1 is 1.00 bits per heavy atom. The van der Waals surface area contributed by atoms with Crippen LogP contribution in [0.15, 0.2) is 6.20 Å². The number of rotatable bonds is 3. The lowest BCUT2D eigenvalue weighted by atomic mass is 10.4. The van der Waals surface area contributed by atoms with Gasteiger partial charge in [0, 0.05) is 52.4 Å². The highest BCUT2D eigenvalue weighted by Crippen LogP contribution is 2.36. The summed E-state index contributed by atoms with van der Waals surface area (Å²) in [6.07, 6.45) is -3.57. The first kappa shape index (κ1) is 18.8. The largest absolute Gasteiger partial charge is 0.427 e. The van der Waals surface area contributed by atoms with E-state index in [-0.39, 0.29) is 18.2 Å². The van der Waals surface area contributed by atoms with Crippen molar-refractivity contribution in [2.75, 3.05) is 64.3 Å². The van der Waals surface area contributed by atoms with Crippen molar-refractivity contribution in [3.8, 4) is 0 Å². The lowest BCUT2D eigenvalue weighted by Crippen LogP contribution is -2.56. The third kappa shape index (κ3) is 4.08. The molecule has 1 aromatic rings. The van der Waals surface area contributed by atoms with Crippen LogP contribution in [-0.2, 0) is 16.4 Å². The quantitative estimate of drug-likeness (QED) is 0.752. The predicted octanol–water partition coefficient (Wildman–Crippen LogP) is 0.776. The first-order valence-electron chi connectivity index (χ1n) is 7.89. The van der Waals surface area contributed by atoms with Crippen LogP contribution in [0.2, 0.25) is 0 Å². The smallest absolute Gasteiger partial charge is 0.345 e. The van der Waals surface area contributed by atoms with Crippen LogP contribution in [0, 0.1) is 0 Å². The van der Waals surface area contributed by atoms with Gasteiger partial charge in [0.2, 0.25) is 0 Å². The predicted molar refractivity (Wildman–Crippen MR) is 88.9 cm³/mol. The summed E-state index contributed by atoms with van der Waals surface area (Å²) in [6, 6.07) is 0. The summed E-state index contributed by atoms with van der Waals surface area (Å²) >= 11 is 0.589. The molecular weight excluding hydrogens is 379 g/mol. The van der Waals surface area contributed by atoms with Gasteiger partial charge in [-0.05, 0) is 7.05 Å². The molecule has 2 aliphatic rings. The van der Waals surface area contributed by atoms with Gasteiger partial charge in [0.25, 0.3) is 10.2 Å². The Labute approximate surface area is 148 Å². The number of thiazole rings is 1. The van der Waals surface area contributed by atoms with Crippen molar-refractivity contribution >= 4 is 26.7 Å². The van der Waals surface area contributed by atoms with Crippen LogP contribution in [0.5, 0.6) is 0 Å². The molecule has 2 saturated heterocycles. The molecule has 0 atom stereocenters. The summed E-state index contributed by atoms with van der Waals surface area (Å²) in [7, 11) is -1.57. The molecule has 0 unspecified atom stereocenters. The molecule has 0 spiro atoms. The van der Waals surface area contributed by atoms with Gasteiger partial charge in [-0.15, -0.1) is 0 Å². The second kappa shape index (κ2) is 6.99. The Hall–Kier alpha value is -0.950. The van der Waals surface area contributed by atoms with E-state index in [4.69, 9.17) is 0 Å². The zero-order valence-corrected chi connectivity index (χ0v) is 15.4. The molecule has 0 radical (unpaired) electrons. The van der Waals surface area contributed by atoms with Crippen molar-refractivity contribution in [2.45, 2.75) is 6.18 Å². The van der Waals surface area contributed by atoms with Crippen LogP contribution < -0.4 is 4.90 Å². The molecule has 0 saturated carbocycles. The van der Waals surface area contributed by atoms with Crippen molar-refractivity contribution in [1.82, 2.24) is 18.5 Å². The average molecular weight is 399 g/mol. The molecule has 0 amide bonds. The van der Waals surface area contributed by atoms with E-state index in [0.717, 1.165) is 6.20 Å². The van der Waals surface area contributed by atoms with E-state index in [2.05, 4.69) is 9.88 Å². The van der Waals surface area contributed by atoms with Crippen molar-refractivity contribution in [2.24, 2.45) is 0 Å². The molecule has 142 valence electrons. The lowest BCUT2D eigenvalue weighted by molar-refractivity contribution is -0.134. The summed E-state index contributed by atoms with van der Waals surface area (Å²) in [6.45, 7) is 3.46. The number of hydrogen-bond donors (Lipinski definition) is 0. The van der Waals surface area contributed by atoms with E-state index in [1.54, 1.807) is 4.90 Å². The zero-order chi connectivity index (χ0) is 18.2. The van der Waals surface area contributed by atoms with Crippen LogP contribution in [0.4, 0.5) is 18.3 Å². The van der Waals surface area contributed by atoms with Crippen LogP contribution >= 0.6 is 11.3 Å². The fourth-order valence-corrected chi connectivity index (χ4v) is 5.25. The van der Waals surface area contributed by atoms with Gasteiger partial charge in [0.15, 0.2) is 5.13 Å². The lowest BCUT2D eigenvalue weighted by Gasteiger charge is -2.39. The van der Waals surface area contributed by atoms with Gasteiger partial charge in [0.1, 0.15) is 4.88 Å². The van der Waals surface area contributed by atoms with Gasteiger partial charge in [-0.1, -0.05) is 11.3 Å². The number of alkyl halides is 3. The maximum Gasteiger partial charge on any atom is 0.427 e. The van der Waals surface area contributed by atoms with E-state index in [9.17, 15) is 21.6 Å². The zero-order valence-electron chi connectivity index (χ0n) is 13.7. The van der Waals surface area contributed by atoms with Crippen LogP contribution in [0.3, 0.4) is 0 Å². The van der Waals surface area contributed by atoms with E-state index in [0.29, 0.717) is 50.6 Å². The molecule has 7 nitrogen and oxygen atoms in total. The Bertz CT molecular complexity index is 693. The Balaban J connectivity index is 1.61. The maximum absolute atomic E-state index is 12.7. The van der Waals surface area contributed by atoms with Gasteiger partial charge < -0.3 is 9.80 Å². The number of nitrogens with zero attached hydrogens (tertiary/aromatic N) is 5. The molecule has 0 bridgehead atoms. The number of halogens is 3. The highest BCUT2D eigenvalue weighted by molar-refractivity contribution is 7.86. The van der Waals surface area contributed by atoms with E-state index in [1.807, 2.05) is 7.05 Å². The second-order valence-corrected chi connectivity index (χ2v) is 9.04. The fraction of sp³-hybridized carbons (Fsp3) is 0.769. The van der Waals surface area contributed by atoms with Crippen LogP contribution in [0.1, 0.15) is 4.88 Å². The number of likely N-dealkylation sites (N-methyl/N-ethyl adjacent to an activating group) is 1. The Morgan fingerprint density at radius 2 is 1.52 bits per heavy atom. The summed E-state index contributed by atoms with van der Waals surface area (Å²) in [5.74, 6) is 0. The highest BCUT2D eigenvalue weighted by Gasteiger charge is 2.36. The standard InChI is InChI=1S/C13H20F3N5O2S2/c1-18-2-6-20(7-3-18)25(22,23)21-8-4-19(5-9-21)12-17-10-11(24-12)13(14,15)16/h10H,2-9H2,1H3. The number of aromatic nitrogens is 1. The normalized spacial score (nSPS) is 22.5. The first-order valence-corrected chi connectivity index (χ1v) is 10.1. The molecule has 12 heteroatoms. The molecular formula is C13H20F3N5O2S2. The summed E-state index contributed by atoms with van der Waals surface area (Å²) in [5.41, 5.74) is 0. The second-order valence-electron chi connectivity index (χ2n) is 6.10. The van der Waals surface area contributed by atoms with Crippen molar-refractivity contribution < 1.29 is 21.6 Å². The van der Waals surface area contributed by atoms with Gasteiger partial charge in [-0.3, -0.25) is 0 Å². The topological polar surface area (TPSA) is 60.0 Å². The Morgan fingerprint density at radius 3 is 2.00 bits per heavy atom. The molecule has 2 aliphatic heterocycles. The molecule has 1 aromatic heterocycles. The fourth-order valence-electron chi connectivity index (χ4n) is 2.83. The first-order chi connectivity index (χ1) is 11.7. The molecule has 0 N–H and O–H groups in total. The summed E-state index contributed by atoms with van der Waals surface area (Å²) in [4.78, 5) is 6.87. The summed E-state index contributed by atoms with van der Waals surface area (Å²) in [5, 5.41) is 0.281. The average Bonchev–Trinajstić information content (AvgIpc) is 3.06. The van der Waals surface area contributed by atoms with E-state index < -0.39 is 21.3 Å². The third-order valence-corrected chi connectivity index (χ3v) is 7.54. The van der Waals surface area contributed by atoms with Crippen molar-refractivity contribution in [1.29, 1.82) is 0 Å². The van der Waals surface area contributed by atoms with Crippen LogP contribution in [0.25, 0.3) is 0 Å². The van der Waals surface area contributed by atoms with Gasteiger partial charge in [-0.25, -0.2) is 4.98 Å². The minimum atomic E-state index is -4.40. The summed E-state index contributed by atoms with van der Waals surface area (Å²) < 4.78 is 66.3. The van der Waals surface area contributed by atoms with Gasteiger partial charge in [-0.2, -0.15) is 30.2 Å². The molecule has 3 heterocycles. The molecule has 0 aliphatic carbocycles. The number of hydrogen-bond acceptors (Lipinski definition) is 6.